The van der Waals surface area contributed by atoms with Gasteiger partial charge in [0, 0.05) is 11.3 Å². The van der Waals surface area contributed by atoms with E-state index in [4.69, 9.17) is 10.8 Å². The van der Waals surface area contributed by atoms with Crippen molar-refractivity contribution in [2.24, 2.45) is 0 Å². The largest absolute Gasteiger partial charge is 0.478 e. The number of amides is 1. The second kappa shape index (κ2) is 5.58. The molecule has 7 heteroatoms. The number of hydrogen-bond acceptors (Lipinski definition) is 3. The monoisotopic (exact) mass is 292 g/mol. The van der Waals surface area contributed by atoms with Crippen molar-refractivity contribution in [3.8, 4) is 0 Å². The summed E-state index contributed by atoms with van der Waals surface area (Å²) in [6.07, 6.45) is 0. The van der Waals surface area contributed by atoms with E-state index in [1.807, 2.05) is 0 Å². The molecular weight excluding hydrogens is 282 g/mol. The van der Waals surface area contributed by atoms with Crippen LogP contribution in [0.25, 0.3) is 0 Å². The van der Waals surface area contributed by atoms with Crippen molar-refractivity contribution in [3.05, 3.63) is 59.2 Å². The average Bonchev–Trinajstić information content (AvgIpc) is 2.41. The first kappa shape index (κ1) is 14.4. The number of nitrogens with one attached hydrogen (secondary N) is 1. The molecule has 0 aliphatic rings. The topological polar surface area (TPSA) is 92.4 Å². The number of carboxylic acid groups (broad SMARTS) is 1. The predicted molar refractivity (Wildman–Crippen MR) is 72.1 cm³/mol. The summed E-state index contributed by atoms with van der Waals surface area (Å²) in [7, 11) is 0. The lowest BCUT2D eigenvalue weighted by Crippen LogP contribution is -2.13. The summed E-state index contributed by atoms with van der Waals surface area (Å²) in [4.78, 5) is 22.5. The minimum atomic E-state index is -1.41. The molecule has 0 heterocycles. The van der Waals surface area contributed by atoms with E-state index < -0.39 is 29.1 Å². The third-order valence-corrected chi connectivity index (χ3v) is 2.72. The van der Waals surface area contributed by atoms with E-state index in [0.29, 0.717) is 0 Å². The molecular formula is C14H10F2N2O3. The zero-order chi connectivity index (χ0) is 15.6. The molecule has 4 N–H and O–H groups in total. The van der Waals surface area contributed by atoms with Crippen LogP contribution in [0.15, 0.2) is 36.4 Å². The van der Waals surface area contributed by atoms with Gasteiger partial charge in [0.15, 0.2) is 0 Å². The van der Waals surface area contributed by atoms with Crippen LogP contribution in [0.5, 0.6) is 0 Å². The highest BCUT2D eigenvalue weighted by Crippen LogP contribution is 2.17. The van der Waals surface area contributed by atoms with E-state index in [1.54, 1.807) is 0 Å². The Kier molecular flexibility index (Phi) is 3.84. The van der Waals surface area contributed by atoms with Crippen molar-refractivity contribution in [1.82, 2.24) is 0 Å². The fraction of sp³-hybridized carbons (Fsp3) is 0. The van der Waals surface area contributed by atoms with Gasteiger partial charge in [-0.05, 0) is 36.4 Å². The molecule has 0 atom stereocenters. The number of carbonyl (C=O) groups is 2. The first-order chi connectivity index (χ1) is 9.88. The highest BCUT2D eigenvalue weighted by molar-refractivity contribution is 6.04. The SMILES string of the molecule is Nc1ccc(C(=O)Nc2ccc(C(=O)O)c(F)c2)cc1F. The fourth-order valence-corrected chi connectivity index (χ4v) is 1.64. The second-order valence-electron chi connectivity index (χ2n) is 4.19. The summed E-state index contributed by atoms with van der Waals surface area (Å²) >= 11 is 0. The van der Waals surface area contributed by atoms with Crippen molar-refractivity contribution >= 4 is 23.3 Å². The predicted octanol–water partition coefficient (Wildman–Crippen LogP) is 2.50. The highest BCUT2D eigenvalue weighted by atomic mass is 19.1. The number of benzene rings is 2. The summed E-state index contributed by atoms with van der Waals surface area (Å²) in [5, 5.41) is 11.0. The smallest absolute Gasteiger partial charge is 0.338 e. The number of carbonyl (C=O) groups excluding carboxylic acids is 1. The average molecular weight is 292 g/mol. The van der Waals surface area contributed by atoms with Gasteiger partial charge < -0.3 is 16.2 Å². The molecule has 0 bridgehead atoms. The minimum Gasteiger partial charge on any atom is -0.478 e. The number of anilines is 2. The molecule has 0 saturated heterocycles. The molecule has 0 aliphatic carbocycles. The first-order valence-corrected chi connectivity index (χ1v) is 5.77. The van der Waals surface area contributed by atoms with Gasteiger partial charge in [-0.15, -0.1) is 0 Å². The number of aromatic carboxylic acids is 1. The lowest BCUT2D eigenvalue weighted by Gasteiger charge is -2.07. The highest BCUT2D eigenvalue weighted by Gasteiger charge is 2.13. The number of carboxylic acids is 1. The normalized spacial score (nSPS) is 10.2. The van der Waals surface area contributed by atoms with E-state index in [0.717, 1.165) is 18.2 Å². The standard InChI is InChI=1S/C14H10F2N2O3/c15-10-6-8(2-3-9(10)14(20)21)18-13(19)7-1-4-12(17)11(16)5-7/h1-6H,17H2,(H,18,19)(H,20,21). The lowest BCUT2D eigenvalue weighted by molar-refractivity contribution is 0.0692. The van der Waals surface area contributed by atoms with Crippen molar-refractivity contribution in [3.63, 3.8) is 0 Å². The quantitative estimate of drug-likeness (QED) is 0.758. The Balaban J connectivity index is 2.21. The summed E-state index contributed by atoms with van der Waals surface area (Å²) < 4.78 is 26.7. The number of nitrogens with two attached hydrogens (primary N) is 1. The van der Waals surface area contributed by atoms with Crippen molar-refractivity contribution in [2.45, 2.75) is 0 Å². The van der Waals surface area contributed by atoms with Crippen LogP contribution in [0, 0.1) is 11.6 Å². The third-order valence-electron chi connectivity index (χ3n) is 2.72. The molecule has 1 amide bonds. The van der Waals surface area contributed by atoms with Gasteiger partial charge in [0.05, 0.1) is 11.3 Å². The molecule has 0 fully saturated rings. The van der Waals surface area contributed by atoms with Gasteiger partial charge in [-0.25, -0.2) is 13.6 Å². The van der Waals surface area contributed by atoms with Crippen LogP contribution in [0.2, 0.25) is 0 Å². The van der Waals surface area contributed by atoms with Gasteiger partial charge in [0.25, 0.3) is 5.91 Å². The van der Waals surface area contributed by atoms with Crippen LogP contribution in [-0.2, 0) is 0 Å². The van der Waals surface area contributed by atoms with E-state index in [-0.39, 0.29) is 16.9 Å². The summed E-state index contributed by atoms with van der Waals surface area (Å²) in [5.41, 5.74) is 4.75. The molecule has 0 aliphatic heterocycles. The van der Waals surface area contributed by atoms with Crippen molar-refractivity contribution in [1.29, 1.82) is 0 Å². The lowest BCUT2D eigenvalue weighted by atomic mass is 10.1. The maximum atomic E-state index is 13.5. The molecule has 2 rings (SSSR count). The molecule has 2 aromatic rings. The second-order valence-corrected chi connectivity index (χ2v) is 4.19. The molecule has 0 radical (unpaired) electrons. The minimum absolute atomic E-state index is 0.00409. The van der Waals surface area contributed by atoms with Gasteiger partial charge >= 0.3 is 5.97 Å². The van der Waals surface area contributed by atoms with Crippen LogP contribution >= 0.6 is 0 Å². The Labute approximate surface area is 118 Å². The van der Waals surface area contributed by atoms with Crippen molar-refractivity contribution < 1.29 is 23.5 Å². The number of halogens is 2. The summed E-state index contributed by atoms with van der Waals surface area (Å²) in [6.45, 7) is 0. The van der Waals surface area contributed by atoms with Gasteiger partial charge in [-0.3, -0.25) is 4.79 Å². The van der Waals surface area contributed by atoms with Crippen LogP contribution < -0.4 is 11.1 Å². The van der Waals surface area contributed by atoms with Gasteiger partial charge in [-0.1, -0.05) is 0 Å². The maximum Gasteiger partial charge on any atom is 0.338 e. The maximum absolute atomic E-state index is 13.5. The third kappa shape index (κ3) is 3.14. The molecule has 108 valence electrons. The van der Waals surface area contributed by atoms with Gasteiger partial charge in [0.1, 0.15) is 11.6 Å². The molecule has 0 saturated carbocycles. The molecule has 0 unspecified atom stereocenters. The molecule has 5 nitrogen and oxygen atoms in total. The molecule has 21 heavy (non-hydrogen) atoms. The Morgan fingerprint density at radius 3 is 2.33 bits per heavy atom. The van der Waals surface area contributed by atoms with Crippen LogP contribution in [0.1, 0.15) is 20.7 Å². The molecule has 0 spiro atoms. The Morgan fingerprint density at radius 2 is 1.76 bits per heavy atom. The van der Waals surface area contributed by atoms with Crippen LogP contribution in [-0.4, -0.2) is 17.0 Å². The molecule has 0 aromatic heterocycles. The number of nitrogen functional groups attached to an aromatic ring is 1. The van der Waals surface area contributed by atoms with Gasteiger partial charge in [-0.2, -0.15) is 0 Å². The summed E-state index contributed by atoms with van der Waals surface area (Å²) in [5.74, 6) is -3.80. The zero-order valence-corrected chi connectivity index (χ0v) is 10.6. The van der Waals surface area contributed by atoms with Crippen LogP contribution in [0.3, 0.4) is 0 Å². The number of hydrogen-bond donors (Lipinski definition) is 3. The van der Waals surface area contributed by atoms with Crippen molar-refractivity contribution in [2.75, 3.05) is 11.1 Å². The van der Waals surface area contributed by atoms with Crippen LogP contribution in [0.4, 0.5) is 20.2 Å². The Hall–Kier alpha value is -2.96. The number of rotatable bonds is 3. The van der Waals surface area contributed by atoms with E-state index >= 15 is 0 Å². The zero-order valence-electron chi connectivity index (χ0n) is 10.6. The fourth-order valence-electron chi connectivity index (χ4n) is 1.64. The molecule has 2 aromatic carbocycles. The summed E-state index contributed by atoms with van der Waals surface area (Å²) in [6, 6.07) is 6.63. The van der Waals surface area contributed by atoms with Gasteiger partial charge in [0.2, 0.25) is 0 Å². The Bertz CT molecular complexity index is 732. The van der Waals surface area contributed by atoms with E-state index in [2.05, 4.69) is 5.32 Å². The Morgan fingerprint density at radius 1 is 1.05 bits per heavy atom. The van der Waals surface area contributed by atoms with E-state index in [1.165, 1.54) is 18.2 Å². The van der Waals surface area contributed by atoms with E-state index in [9.17, 15) is 18.4 Å². The first-order valence-electron chi connectivity index (χ1n) is 5.77.